The van der Waals surface area contributed by atoms with Gasteiger partial charge in [-0.25, -0.2) is 9.78 Å². The van der Waals surface area contributed by atoms with Crippen LogP contribution in [0.3, 0.4) is 0 Å². The fraction of sp³-hybridized carbons (Fsp3) is 0.438. The molecule has 2 aromatic rings. The number of aromatic nitrogens is 3. The number of nitrogens with zero attached hydrogens (tertiary/aromatic N) is 5. The van der Waals surface area contributed by atoms with Crippen molar-refractivity contribution in [2.45, 2.75) is 26.3 Å². The van der Waals surface area contributed by atoms with Gasteiger partial charge < -0.3 is 14.9 Å². The first-order chi connectivity index (χ1) is 11.4. The van der Waals surface area contributed by atoms with Crippen molar-refractivity contribution in [1.29, 1.82) is 0 Å². The van der Waals surface area contributed by atoms with Crippen molar-refractivity contribution >= 4 is 23.5 Å². The Morgan fingerprint density at radius 1 is 1.33 bits per heavy atom. The molecule has 1 atom stereocenters. The second-order valence-corrected chi connectivity index (χ2v) is 6.47. The number of hydrogen-bond acceptors (Lipinski definition) is 4. The lowest BCUT2D eigenvalue weighted by atomic mass is 10.2. The summed E-state index contributed by atoms with van der Waals surface area (Å²) in [4.78, 5) is 23.5. The maximum absolute atomic E-state index is 11.1. The molecule has 0 unspecified atom stereocenters. The van der Waals surface area contributed by atoms with Crippen LogP contribution in [0.5, 0.6) is 0 Å². The van der Waals surface area contributed by atoms with Crippen molar-refractivity contribution in [2.75, 3.05) is 25.0 Å². The summed E-state index contributed by atoms with van der Waals surface area (Å²) in [6, 6.07) is 5.69. The SMILES string of the molecule is Cc1ccc(C)n1-c1nc(Cl)cc(N2CC[C@@H](N(C)C(=O)O)C2)n1. The highest BCUT2D eigenvalue weighted by Crippen LogP contribution is 2.25. The van der Waals surface area contributed by atoms with E-state index in [9.17, 15) is 4.79 Å². The first kappa shape index (κ1) is 16.6. The van der Waals surface area contributed by atoms with Crippen molar-refractivity contribution in [1.82, 2.24) is 19.4 Å². The molecule has 0 saturated carbocycles. The molecule has 1 aliphatic heterocycles. The number of halogens is 1. The summed E-state index contributed by atoms with van der Waals surface area (Å²) in [5.41, 5.74) is 2.07. The molecule has 1 amide bonds. The zero-order valence-corrected chi connectivity index (χ0v) is 14.7. The summed E-state index contributed by atoms with van der Waals surface area (Å²) in [6.45, 7) is 5.31. The molecule has 0 spiro atoms. The number of carbonyl (C=O) groups is 1. The van der Waals surface area contributed by atoms with Gasteiger partial charge in [-0.1, -0.05) is 11.6 Å². The van der Waals surface area contributed by atoms with Crippen LogP contribution in [0.15, 0.2) is 18.2 Å². The number of likely N-dealkylation sites (N-methyl/N-ethyl adjacent to an activating group) is 1. The van der Waals surface area contributed by atoms with E-state index in [-0.39, 0.29) is 6.04 Å². The fourth-order valence-corrected chi connectivity index (χ4v) is 3.24. The molecule has 0 aromatic carbocycles. The Labute approximate surface area is 145 Å². The van der Waals surface area contributed by atoms with Crippen LogP contribution in [0.25, 0.3) is 5.95 Å². The van der Waals surface area contributed by atoms with Gasteiger partial charge in [-0.2, -0.15) is 4.98 Å². The average molecular weight is 350 g/mol. The quantitative estimate of drug-likeness (QED) is 0.862. The van der Waals surface area contributed by atoms with Crippen LogP contribution < -0.4 is 4.90 Å². The lowest BCUT2D eigenvalue weighted by molar-refractivity contribution is 0.142. The molecule has 3 rings (SSSR count). The van der Waals surface area contributed by atoms with Crippen LogP contribution >= 0.6 is 11.6 Å². The Hall–Kier alpha value is -2.28. The van der Waals surface area contributed by atoms with E-state index in [1.54, 1.807) is 13.1 Å². The van der Waals surface area contributed by atoms with Crippen LogP contribution in [0, 0.1) is 13.8 Å². The molecule has 1 saturated heterocycles. The van der Waals surface area contributed by atoms with Gasteiger partial charge in [0.2, 0.25) is 5.95 Å². The number of hydrogen-bond donors (Lipinski definition) is 1. The summed E-state index contributed by atoms with van der Waals surface area (Å²) in [7, 11) is 1.60. The Bertz CT molecular complexity index is 756. The Balaban J connectivity index is 1.89. The molecule has 7 nitrogen and oxygen atoms in total. The molecule has 0 radical (unpaired) electrons. The topological polar surface area (TPSA) is 74.5 Å². The maximum Gasteiger partial charge on any atom is 0.407 e. The molecule has 128 valence electrons. The molecule has 3 heterocycles. The van der Waals surface area contributed by atoms with Gasteiger partial charge in [-0.3, -0.25) is 4.57 Å². The highest BCUT2D eigenvalue weighted by molar-refractivity contribution is 6.29. The largest absolute Gasteiger partial charge is 0.465 e. The van der Waals surface area contributed by atoms with Crippen LogP contribution in [0.4, 0.5) is 10.6 Å². The van der Waals surface area contributed by atoms with E-state index in [0.29, 0.717) is 17.6 Å². The van der Waals surface area contributed by atoms with Gasteiger partial charge in [0.15, 0.2) is 0 Å². The van der Waals surface area contributed by atoms with Gasteiger partial charge in [0, 0.05) is 37.6 Å². The lowest BCUT2D eigenvalue weighted by Crippen LogP contribution is -2.38. The van der Waals surface area contributed by atoms with Gasteiger partial charge in [0.25, 0.3) is 0 Å². The monoisotopic (exact) mass is 349 g/mol. The van der Waals surface area contributed by atoms with E-state index in [2.05, 4.69) is 14.9 Å². The smallest absolute Gasteiger partial charge is 0.407 e. The average Bonchev–Trinajstić information content (AvgIpc) is 3.13. The molecule has 1 N–H and O–H groups in total. The van der Waals surface area contributed by atoms with Crippen LogP contribution in [-0.4, -0.2) is 56.8 Å². The maximum atomic E-state index is 11.1. The molecule has 24 heavy (non-hydrogen) atoms. The standard InChI is InChI=1S/C16H20ClN5O2/c1-10-4-5-11(2)22(10)15-18-13(17)8-14(19-15)21-7-6-12(9-21)20(3)16(23)24/h4-5,8,12H,6-7,9H2,1-3H3,(H,23,24)/t12-/m1/s1. The summed E-state index contributed by atoms with van der Waals surface area (Å²) in [6.07, 6.45) is -0.150. The first-order valence-corrected chi connectivity index (χ1v) is 8.15. The van der Waals surface area contributed by atoms with Crippen molar-refractivity contribution in [3.05, 3.63) is 34.7 Å². The van der Waals surface area contributed by atoms with Gasteiger partial charge >= 0.3 is 6.09 Å². The molecule has 1 fully saturated rings. The van der Waals surface area contributed by atoms with Crippen molar-refractivity contribution in [3.8, 4) is 5.95 Å². The van der Waals surface area contributed by atoms with Gasteiger partial charge in [-0.05, 0) is 32.4 Å². The van der Waals surface area contributed by atoms with Crippen LogP contribution in [0.2, 0.25) is 5.15 Å². The van der Waals surface area contributed by atoms with Crippen molar-refractivity contribution in [3.63, 3.8) is 0 Å². The van der Waals surface area contributed by atoms with E-state index in [1.807, 2.05) is 30.5 Å². The van der Waals surface area contributed by atoms with Crippen LogP contribution in [0.1, 0.15) is 17.8 Å². The first-order valence-electron chi connectivity index (χ1n) is 7.77. The minimum Gasteiger partial charge on any atom is -0.465 e. The third kappa shape index (κ3) is 3.03. The summed E-state index contributed by atoms with van der Waals surface area (Å²) in [5.74, 6) is 1.26. The normalized spacial score (nSPS) is 17.3. The predicted molar refractivity (Wildman–Crippen MR) is 92.2 cm³/mol. The molecule has 0 aliphatic carbocycles. The van der Waals surface area contributed by atoms with Crippen molar-refractivity contribution in [2.24, 2.45) is 0 Å². The minimum atomic E-state index is -0.915. The Morgan fingerprint density at radius 3 is 2.62 bits per heavy atom. The van der Waals surface area contributed by atoms with Crippen molar-refractivity contribution < 1.29 is 9.90 Å². The second-order valence-electron chi connectivity index (χ2n) is 6.08. The van der Waals surface area contributed by atoms with Gasteiger partial charge in [0.05, 0.1) is 6.04 Å². The summed E-state index contributed by atoms with van der Waals surface area (Å²) < 4.78 is 1.95. The molecule has 8 heteroatoms. The number of anilines is 1. The van der Waals surface area contributed by atoms with E-state index in [0.717, 1.165) is 30.2 Å². The number of carboxylic acid groups (broad SMARTS) is 1. The molecule has 0 bridgehead atoms. The molecular formula is C16H20ClN5O2. The van der Waals surface area contributed by atoms with Crippen LogP contribution in [-0.2, 0) is 0 Å². The Kier molecular flexibility index (Phi) is 4.36. The van der Waals surface area contributed by atoms with E-state index >= 15 is 0 Å². The van der Waals surface area contributed by atoms with E-state index in [1.165, 1.54) is 4.90 Å². The van der Waals surface area contributed by atoms with E-state index in [4.69, 9.17) is 16.7 Å². The number of aryl methyl sites for hydroxylation is 2. The lowest BCUT2D eigenvalue weighted by Gasteiger charge is -2.22. The number of amides is 1. The summed E-state index contributed by atoms with van der Waals surface area (Å²) >= 11 is 6.20. The zero-order chi connectivity index (χ0) is 17.4. The third-order valence-corrected chi connectivity index (χ3v) is 4.67. The van der Waals surface area contributed by atoms with Gasteiger partial charge in [0.1, 0.15) is 11.0 Å². The fourth-order valence-electron chi connectivity index (χ4n) is 3.06. The molecule has 1 aliphatic rings. The minimum absolute atomic E-state index is 0.0465. The highest BCUT2D eigenvalue weighted by atomic mass is 35.5. The highest BCUT2D eigenvalue weighted by Gasteiger charge is 2.29. The molecule has 2 aromatic heterocycles. The predicted octanol–water partition coefficient (Wildman–Crippen LogP) is 2.73. The summed E-state index contributed by atoms with van der Waals surface area (Å²) in [5, 5.41) is 9.50. The zero-order valence-electron chi connectivity index (χ0n) is 13.9. The number of rotatable bonds is 3. The van der Waals surface area contributed by atoms with Gasteiger partial charge in [-0.15, -0.1) is 0 Å². The Morgan fingerprint density at radius 2 is 2.00 bits per heavy atom. The third-order valence-electron chi connectivity index (χ3n) is 4.48. The van der Waals surface area contributed by atoms with E-state index < -0.39 is 6.09 Å². The second kappa shape index (κ2) is 6.32. The molecular weight excluding hydrogens is 330 g/mol.